The molecule has 3 rings (SSSR count). The van der Waals surface area contributed by atoms with Crippen LogP contribution in [0.1, 0.15) is 51.8 Å². The van der Waals surface area contributed by atoms with Gasteiger partial charge in [-0.2, -0.15) is 0 Å². The van der Waals surface area contributed by atoms with Crippen molar-refractivity contribution in [1.29, 1.82) is 0 Å². The largest absolute Gasteiger partial charge is 0.392 e. The average molecular weight is 325 g/mol. The Morgan fingerprint density at radius 1 is 1.25 bits per heavy atom. The van der Waals surface area contributed by atoms with E-state index in [9.17, 15) is 9.90 Å². The molecule has 1 saturated heterocycles. The van der Waals surface area contributed by atoms with Gasteiger partial charge in [0.15, 0.2) is 0 Å². The van der Waals surface area contributed by atoms with E-state index in [4.69, 9.17) is 0 Å². The van der Waals surface area contributed by atoms with Crippen molar-refractivity contribution in [2.45, 2.75) is 39.2 Å². The molecule has 0 aliphatic carbocycles. The van der Waals surface area contributed by atoms with Gasteiger partial charge in [-0.3, -0.25) is 4.79 Å². The summed E-state index contributed by atoms with van der Waals surface area (Å²) in [5, 5.41) is 9.51. The first-order valence-corrected chi connectivity index (χ1v) is 8.38. The Balaban J connectivity index is 1.69. The first kappa shape index (κ1) is 16.6. The minimum atomic E-state index is 0.0152. The number of amides is 1. The number of aliphatic hydroxyl groups excluding tert-OH is 1. The molecule has 1 aliphatic heterocycles. The van der Waals surface area contributed by atoms with E-state index in [0.717, 1.165) is 37.2 Å². The second-order valence-corrected chi connectivity index (χ2v) is 6.34. The Morgan fingerprint density at radius 2 is 1.96 bits per heavy atom. The second kappa shape index (κ2) is 7.09. The van der Waals surface area contributed by atoms with Gasteiger partial charge >= 0.3 is 0 Å². The third-order valence-corrected chi connectivity index (χ3v) is 4.78. The molecule has 1 aliphatic rings. The monoisotopic (exact) mass is 325 g/mol. The van der Waals surface area contributed by atoms with Gasteiger partial charge in [-0.25, -0.2) is 9.97 Å². The van der Waals surface area contributed by atoms with Crippen molar-refractivity contribution in [3.63, 3.8) is 0 Å². The smallest absolute Gasteiger partial charge is 0.257 e. The van der Waals surface area contributed by atoms with E-state index in [0.29, 0.717) is 17.3 Å². The van der Waals surface area contributed by atoms with Crippen molar-refractivity contribution in [2.24, 2.45) is 0 Å². The molecule has 2 heterocycles. The third kappa shape index (κ3) is 3.31. The SMILES string of the molecule is Cc1ncc(C(=O)N2CCC(c3ccccc3CO)CC2)c(C)n1. The molecule has 126 valence electrons. The minimum Gasteiger partial charge on any atom is -0.392 e. The van der Waals surface area contributed by atoms with Crippen LogP contribution in [0.2, 0.25) is 0 Å². The van der Waals surface area contributed by atoms with Crippen LogP contribution < -0.4 is 0 Å². The lowest BCUT2D eigenvalue weighted by Gasteiger charge is -2.33. The zero-order valence-corrected chi connectivity index (χ0v) is 14.2. The summed E-state index contributed by atoms with van der Waals surface area (Å²) in [5.74, 6) is 1.09. The van der Waals surface area contributed by atoms with Gasteiger partial charge in [-0.1, -0.05) is 24.3 Å². The summed E-state index contributed by atoms with van der Waals surface area (Å²) in [6.07, 6.45) is 3.45. The highest BCUT2D eigenvalue weighted by atomic mass is 16.3. The molecule has 0 radical (unpaired) electrons. The number of carbonyl (C=O) groups excluding carboxylic acids is 1. The number of aryl methyl sites for hydroxylation is 2. The van der Waals surface area contributed by atoms with Crippen LogP contribution in [0.5, 0.6) is 0 Å². The van der Waals surface area contributed by atoms with E-state index in [1.54, 1.807) is 6.20 Å². The van der Waals surface area contributed by atoms with Gasteiger partial charge in [0.25, 0.3) is 5.91 Å². The fourth-order valence-electron chi connectivity index (χ4n) is 3.43. The minimum absolute atomic E-state index is 0.0152. The van der Waals surface area contributed by atoms with Gasteiger partial charge in [-0.15, -0.1) is 0 Å². The molecule has 2 aromatic rings. The van der Waals surface area contributed by atoms with Gasteiger partial charge in [0.2, 0.25) is 0 Å². The zero-order chi connectivity index (χ0) is 17.1. The quantitative estimate of drug-likeness (QED) is 0.942. The number of rotatable bonds is 3. The van der Waals surface area contributed by atoms with Crippen molar-refractivity contribution < 1.29 is 9.90 Å². The molecule has 5 nitrogen and oxygen atoms in total. The van der Waals surface area contributed by atoms with Crippen molar-refractivity contribution in [3.8, 4) is 0 Å². The Bertz CT molecular complexity index is 737. The Kier molecular flexibility index (Phi) is 4.90. The molecule has 0 spiro atoms. The second-order valence-electron chi connectivity index (χ2n) is 6.34. The van der Waals surface area contributed by atoms with Gasteiger partial charge in [-0.05, 0) is 43.7 Å². The molecule has 0 bridgehead atoms. The molecule has 1 aromatic heterocycles. The number of carbonyl (C=O) groups is 1. The summed E-state index contributed by atoms with van der Waals surface area (Å²) in [6.45, 7) is 5.18. The first-order chi connectivity index (χ1) is 11.6. The van der Waals surface area contributed by atoms with Crippen LogP contribution in [0.4, 0.5) is 0 Å². The maximum atomic E-state index is 12.7. The highest BCUT2D eigenvalue weighted by Gasteiger charge is 2.26. The molecule has 1 fully saturated rings. The summed E-state index contributed by atoms with van der Waals surface area (Å²) in [6, 6.07) is 8.03. The molecule has 5 heteroatoms. The highest BCUT2D eigenvalue weighted by molar-refractivity contribution is 5.95. The molecule has 1 amide bonds. The van der Waals surface area contributed by atoms with E-state index in [1.807, 2.05) is 36.9 Å². The predicted octanol–water partition coefficient (Wildman–Crippen LogP) is 2.61. The fraction of sp³-hybridized carbons (Fsp3) is 0.421. The normalized spacial score (nSPS) is 15.5. The Labute approximate surface area is 142 Å². The fourth-order valence-corrected chi connectivity index (χ4v) is 3.43. The van der Waals surface area contributed by atoms with E-state index >= 15 is 0 Å². The number of piperidine rings is 1. The summed E-state index contributed by atoms with van der Waals surface area (Å²) >= 11 is 0. The van der Waals surface area contributed by atoms with Gasteiger partial charge in [0.1, 0.15) is 5.82 Å². The number of hydrogen-bond acceptors (Lipinski definition) is 4. The van der Waals surface area contributed by atoms with Gasteiger partial charge in [0, 0.05) is 19.3 Å². The lowest BCUT2D eigenvalue weighted by molar-refractivity contribution is 0.0710. The predicted molar refractivity (Wildman–Crippen MR) is 91.7 cm³/mol. The van der Waals surface area contributed by atoms with Crippen molar-refractivity contribution in [3.05, 3.63) is 58.7 Å². The summed E-state index contributed by atoms with van der Waals surface area (Å²) in [5.41, 5.74) is 3.53. The van der Waals surface area contributed by atoms with Crippen molar-refractivity contribution in [2.75, 3.05) is 13.1 Å². The number of aromatic nitrogens is 2. The average Bonchev–Trinajstić information content (AvgIpc) is 2.61. The number of nitrogens with zero attached hydrogens (tertiary/aromatic N) is 3. The molecular weight excluding hydrogens is 302 g/mol. The standard InChI is InChI=1S/C19H23N3O2/c1-13-18(11-20-14(2)21-13)19(24)22-9-7-15(8-10-22)17-6-4-3-5-16(17)12-23/h3-6,11,15,23H,7-10,12H2,1-2H3. The van der Waals surface area contributed by atoms with Crippen LogP contribution in [-0.4, -0.2) is 39.0 Å². The molecular formula is C19H23N3O2. The topological polar surface area (TPSA) is 66.3 Å². The van der Waals surface area contributed by atoms with Crippen LogP contribution in [0.3, 0.4) is 0 Å². The number of aliphatic hydroxyl groups is 1. The van der Waals surface area contributed by atoms with E-state index < -0.39 is 0 Å². The van der Waals surface area contributed by atoms with Crippen molar-refractivity contribution >= 4 is 5.91 Å². The molecule has 24 heavy (non-hydrogen) atoms. The van der Waals surface area contributed by atoms with Crippen LogP contribution in [-0.2, 0) is 6.61 Å². The lowest BCUT2D eigenvalue weighted by Crippen LogP contribution is -2.38. The summed E-state index contributed by atoms with van der Waals surface area (Å²) in [4.78, 5) is 23.0. The Hall–Kier alpha value is -2.27. The van der Waals surface area contributed by atoms with Crippen LogP contribution in [0.25, 0.3) is 0 Å². The highest BCUT2D eigenvalue weighted by Crippen LogP contribution is 2.31. The Morgan fingerprint density at radius 3 is 2.62 bits per heavy atom. The summed E-state index contributed by atoms with van der Waals surface area (Å²) in [7, 11) is 0. The van der Waals surface area contributed by atoms with Crippen molar-refractivity contribution in [1.82, 2.24) is 14.9 Å². The first-order valence-electron chi connectivity index (χ1n) is 8.38. The maximum absolute atomic E-state index is 12.7. The molecule has 1 aromatic carbocycles. The van der Waals surface area contributed by atoms with Crippen LogP contribution in [0, 0.1) is 13.8 Å². The summed E-state index contributed by atoms with van der Waals surface area (Å²) < 4.78 is 0. The molecule has 0 saturated carbocycles. The lowest BCUT2D eigenvalue weighted by atomic mass is 9.86. The molecule has 0 atom stereocenters. The number of likely N-dealkylation sites (tertiary alicyclic amines) is 1. The van der Waals surface area contributed by atoms with E-state index in [1.165, 1.54) is 5.56 Å². The number of hydrogen-bond donors (Lipinski definition) is 1. The van der Waals surface area contributed by atoms with E-state index in [2.05, 4.69) is 16.0 Å². The molecule has 1 N–H and O–H groups in total. The van der Waals surface area contributed by atoms with Gasteiger partial charge < -0.3 is 10.0 Å². The van der Waals surface area contributed by atoms with Crippen LogP contribution in [0.15, 0.2) is 30.5 Å². The maximum Gasteiger partial charge on any atom is 0.257 e. The number of benzene rings is 1. The van der Waals surface area contributed by atoms with E-state index in [-0.39, 0.29) is 12.5 Å². The van der Waals surface area contributed by atoms with Gasteiger partial charge in [0.05, 0.1) is 17.9 Å². The van der Waals surface area contributed by atoms with Crippen LogP contribution >= 0.6 is 0 Å². The molecule has 0 unspecified atom stereocenters. The third-order valence-electron chi connectivity index (χ3n) is 4.78. The zero-order valence-electron chi connectivity index (χ0n) is 14.2.